The zero-order valence-corrected chi connectivity index (χ0v) is 14.0. The van der Waals surface area contributed by atoms with Crippen molar-refractivity contribution < 1.29 is 13.3 Å². The minimum Gasteiger partial charge on any atom is -0.258 e. The van der Waals surface area contributed by atoms with Crippen LogP contribution in [0.2, 0.25) is 5.02 Å². The van der Waals surface area contributed by atoms with E-state index in [4.69, 9.17) is 11.6 Å². The largest absolute Gasteiger partial charge is 0.289 e. The molecule has 0 saturated heterocycles. The molecule has 1 fully saturated rings. The zero-order valence-electron chi connectivity index (χ0n) is 12.5. The summed E-state index contributed by atoms with van der Waals surface area (Å²) in [4.78, 5) is 10.1. The summed E-state index contributed by atoms with van der Waals surface area (Å²) in [5, 5.41) is 10.8. The fourth-order valence-corrected chi connectivity index (χ4v) is 4.38. The maximum atomic E-state index is 12.5. The van der Waals surface area contributed by atoms with E-state index in [-0.39, 0.29) is 21.9 Å². The monoisotopic (exact) mass is 346 g/mol. The second-order valence-corrected chi connectivity index (χ2v) is 7.99. The molecule has 0 radical (unpaired) electrons. The van der Waals surface area contributed by atoms with Gasteiger partial charge in [0.15, 0.2) is 0 Å². The van der Waals surface area contributed by atoms with Crippen molar-refractivity contribution in [1.29, 1.82) is 0 Å². The van der Waals surface area contributed by atoms with Gasteiger partial charge in [-0.1, -0.05) is 38.3 Å². The van der Waals surface area contributed by atoms with E-state index in [2.05, 4.69) is 11.6 Å². The fraction of sp³-hybridized carbons (Fsp3) is 0.571. The van der Waals surface area contributed by atoms with Gasteiger partial charge < -0.3 is 0 Å². The van der Waals surface area contributed by atoms with Crippen molar-refractivity contribution in [3.63, 3.8) is 0 Å². The summed E-state index contributed by atoms with van der Waals surface area (Å²) in [6, 6.07) is 3.38. The first-order valence-electron chi connectivity index (χ1n) is 7.18. The Bertz CT molecular complexity index is 677. The van der Waals surface area contributed by atoms with Gasteiger partial charge in [0.25, 0.3) is 5.69 Å². The smallest absolute Gasteiger partial charge is 0.258 e. The molecule has 6 nitrogen and oxygen atoms in total. The number of hydrogen-bond acceptors (Lipinski definition) is 4. The predicted molar refractivity (Wildman–Crippen MR) is 84.4 cm³/mol. The van der Waals surface area contributed by atoms with Gasteiger partial charge >= 0.3 is 0 Å². The minimum absolute atomic E-state index is 0.0800. The van der Waals surface area contributed by atoms with E-state index in [1.54, 1.807) is 0 Å². The number of rotatable bonds is 4. The van der Waals surface area contributed by atoms with Gasteiger partial charge in [-0.2, -0.15) is 0 Å². The van der Waals surface area contributed by atoms with E-state index in [0.717, 1.165) is 25.3 Å². The van der Waals surface area contributed by atoms with Crippen molar-refractivity contribution in [3.05, 3.63) is 33.3 Å². The van der Waals surface area contributed by atoms with Crippen LogP contribution in [0.1, 0.15) is 33.1 Å². The summed E-state index contributed by atoms with van der Waals surface area (Å²) < 4.78 is 27.6. The molecule has 1 saturated carbocycles. The van der Waals surface area contributed by atoms with E-state index in [1.807, 2.05) is 6.92 Å². The number of sulfonamides is 1. The first kappa shape index (κ1) is 17.2. The van der Waals surface area contributed by atoms with Gasteiger partial charge in [-0.3, -0.25) is 10.1 Å². The lowest BCUT2D eigenvalue weighted by Gasteiger charge is -2.34. The average molecular weight is 347 g/mol. The standard InChI is InChI=1S/C14H19ClN2O4S/c1-9-4-3-5-13(10(9)2)16-22(20,21)11-6-7-12(15)14(8-11)17(18)19/h6-10,13,16H,3-5H2,1-2H3/t9-,10-,13+/m1/s1. The Kier molecular flexibility index (Phi) is 5.09. The normalized spacial score (nSPS) is 25.9. The van der Waals surface area contributed by atoms with Crippen molar-refractivity contribution in [2.75, 3.05) is 0 Å². The van der Waals surface area contributed by atoms with E-state index in [1.165, 1.54) is 12.1 Å². The van der Waals surface area contributed by atoms with Crippen LogP contribution in [0.3, 0.4) is 0 Å². The van der Waals surface area contributed by atoms with E-state index in [0.29, 0.717) is 5.92 Å². The van der Waals surface area contributed by atoms with E-state index >= 15 is 0 Å². The summed E-state index contributed by atoms with van der Waals surface area (Å²) in [5.41, 5.74) is -0.408. The maximum absolute atomic E-state index is 12.5. The van der Waals surface area contributed by atoms with Gasteiger partial charge in [-0.25, -0.2) is 13.1 Å². The van der Waals surface area contributed by atoms with Crippen molar-refractivity contribution in [3.8, 4) is 0 Å². The number of halogens is 1. The highest BCUT2D eigenvalue weighted by atomic mass is 35.5. The number of nitrogens with zero attached hydrogens (tertiary/aromatic N) is 1. The van der Waals surface area contributed by atoms with Crippen LogP contribution in [0.5, 0.6) is 0 Å². The van der Waals surface area contributed by atoms with Crippen LogP contribution in [0.4, 0.5) is 5.69 Å². The molecule has 0 aliphatic heterocycles. The molecule has 0 unspecified atom stereocenters. The second kappa shape index (κ2) is 6.52. The van der Waals surface area contributed by atoms with Crippen LogP contribution >= 0.6 is 11.6 Å². The molecule has 0 amide bonds. The molecule has 22 heavy (non-hydrogen) atoms. The Balaban J connectivity index is 2.27. The Labute approximate surface area is 135 Å². The summed E-state index contributed by atoms with van der Waals surface area (Å²) in [6.07, 6.45) is 2.84. The number of hydrogen-bond donors (Lipinski definition) is 1. The van der Waals surface area contributed by atoms with Crippen LogP contribution in [0, 0.1) is 22.0 Å². The quantitative estimate of drug-likeness (QED) is 0.668. The lowest BCUT2D eigenvalue weighted by atomic mass is 9.78. The molecule has 0 heterocycles. The summed E-state index contributed by atoms with van der Waals surface area (Å²) >= 11 is 5.72. The van der Waals surface area contributed by atoms with Crippen LogP contribution < -0.4 is 4.72 Å². The minimum atomic E-state index is -3.80. The van der Waals surface area contributed by atoms with Crippen molar-refractivity contribution >= 4 is 27.3 Å². The van der Waals surface area contributed by atoms with Crippen LogP contribution in [0.15, 0.2) is 23.1 Å². The molecule has 122 valence electrons. The first-order valence-corrected chi connectivity index (χ1v) is 9.05. The predicted octanol–water partition coefficient (Wildman–Crippen LogP) is 3.35. The Morgan fingerprint density at radius 1 is 1.32 bits per heavy atom. The van der Waals surface area contributed by atoms with Crippen molar-refractivity contribution in [2.45, 2.75) is 44.0 Å². The molecular formula is C14H19ClN2O4S. The summed E-state index contributed by atoms with van der Waals surface area (Å²) in [5.74, 6) is 0.673. The number of nitro benzene ring substituents is 1. The Morgan fingerprint density at radius 3 is 2.64 bits per heavy atom. The van der Waals surface area contributed by atoms with Crippen molar-refractivity contribution in [1.82, 2.24) is 4.72 Å². The molecule has 0 aromatic heterocycles. The third kappa shape index (κ3) is 3.59. The SMILES string of the molecule is C[C@@H]1[C@H](C)CCC[C@@H]1NS(=O)(=O)c1ccc(Cl)c([N+](=O)[O-])c1. The molecule has 1 aliphatic rings. The summed E-state index contributed by atoms with van der Waals surface area (Å²) in [7, 11) is -3.80. The molecule has 1 aromatic carbocycles. The number of nitrogens with one attached hydrogen (secondary N) is 1. The van der Waals surface area contributed by atoms with Gasteiger partial charge in [-0.05, 0) is 30.4 Å². The van der Waals surface area contributed by atoms with Gasteiger partial charge in [0.1, 0.15) is 5.02 Å². The number of nitro groups is 1. The molecule has 0 spiro atoms. The van der Waals surface area contributed by atoms with Crippen molar-refractivity contribution in [2.24, 2.45) is 11.8 Å². The molecule has 8 heteroatoms. The van der Waals surface area contributed by atoms with Gasteiger partial charge in [0, 0.05) is 12.1 Å². The first-order chi connectivity index (χ1) is 10.2. The lowest BCUT2D eigenvalue weighted by Crippen LogP contribution is -2.43. The highest BCUT2D eigenvalue weighted by molar-refractivity contribution is 7.89. The third-order valence-corrected chi connectivity index (χ3v) is 6.25. The van der Waals surface area contributed by atoms with Crippen LogP contribution in [0.25, 0.3) is 0 Å². The molecule has 1 aromatic rings. The highest BCUT2D eigenvalue weighted by Gasteiger charge is 2.31. The molecule has 0 bridgehead atoms. The van der Waals surface area contributed by atoms with Gasteiger partial charge in [0.2, 0.25) is 10.0 Å². The maximum Gasteiger partial charge on any atom is 0.289 e. The molecule has 2 rings (SSSR count). The Hall–Kier alpha value is -1.18. The van der Waals surface area contributed by atoms with Gasteiger partial charge in [0.05, 0.1) is 9.82 Å². The highest BCUT2D eigenvalue weighted by Crippen LogP contribution is 2.31. The topological polar surface area (TPSA) is 89.3 Å². The Morgan fingerprint density at radius 2 is 2.00 bits per heavy atom. The van der Waals surface area contributed by atoms with E-state index in [9.17, 15) is 18.5 Å². The summed E-state index contributed by atoms with van der Waals surface area (Å²) in [6.45, 7) is 4.14. The van der Waals surface area contributed by atoms with E-state index < -0.39 is 20.6 Å². The zero-order chi connectivity index (χ0) is 16.5. The second-order valence-electron chi connectivity index (χ2n) is 5.87. The molecular weight excluding hydrogens is 328 g/mol. The molecule has 3 atom stereocenters. The van der Waals surface area contributed by atoms with Crippen LogP contribution in [-0.4, -0.2) is 19.4 Å². The van der Waals surface area contributed by atoms with Gasteiger partial charge in [-0.15, -0.1) is 0 Å². The molecule has 1 aliphatic carbocycles. The third-order valence-electron chi connectivity index (χ3n) is 4.44. The number of benzene rings is 1. The average Bonchev–Trinajstić information content (AvgIpc) is 2.43. The fourth-order valence-electron chi connectivity index (χ4n) is 2.82. The lowest BCUT2D eigenvalue weighted by molar-refractivity contribution is -0.384. The van der Waals surface area contributed by atoms with Crippen LogP contribution in [-0.2, 0) is 10.0 Å². The molecule has 1 N–H and O–H groups in total.